The van der Waals surface area contributed by atoms with Gasteiger partial charge in [0.25, 0.3) is 5.69 Å². The Labute approximate surface area is 105 Å². The molecule has 1 rings (SSSR count). The second kappa shape index (κ2) is 5.00. The number of non-ortho nitro benzene ring substituents is 1. The van der Waals surface area contributed by atoms with Crippen molar-refractivity contribution >= 4 is 17.3 Å². The minimum atomic E-state index is -0.616. The summed E-state index contributed by atoms with van der Waals surface area (Å²) in [5.74, 6) is -0.575. The average Bonchev–Trinajstić information content (AvgIpc) is 2.19. The summed E-state index contributed by atoms with van der Waals surface area (Å²) in [7, 11) is 0. The van der Waals surface area contributed by atoms with Crippen molar-refractivity contribution < 1.29 is 9.31 Å². The second-order valence-electron chi connectivity index (χ2n) is 5.07. The van der Waals surface area contributed by atoms with E-state index in [4.69, 9.17) is 11.6 Å². The lowest BCUT2D eigenvalue weighted by Gasteiger charge is -2.25. The van der Waals surface area contributed by atoms with Gasteiger partial charge in [0.2, 0.25) is 0 Å². The van der Waals surface area contributed by atoms with Crippen LogP contribution in [-0.2, 0) is 6.42 Å². The smallest absolute Gasteiger partial charge is 0.258 e. The summed E-state index contributed by atoms with van der Waals surface area (Å²) in [6.45, 7) is 5.90. The Morgan fingerprint density at radius 3 is 2.47 bits per heavy atom. The van der Waals surface area contributed by atoms with Crippen LogP contribution in [0.3, 0.4) is 0 Å². The van der Waals surface area contributed by atoms with E-state index in [0.717, 1.165) is 6.07 Å². The van der Waals surface area contributed by atoms with E-state index in [-0.39, 0.29) is 16.5 Å². The number of halogens is 2. The summed E-state index contributed by atoms with van der Waals surface area (Å²) in [4.78, 5) is 9.84. The van der Waals surface area contributed by atoms with Gasteiger partial charge >= 0.3 is 0 Å². The maximum absolute atomic E-state index is 13.6. The lowest BCUT2D eigenvalue weighted by Crippen LogP contribution is -2.23. The molecule has 0 heterocycles. The third-order valence-electron chi connectivity index (χ3n) is 2.59. The van der Waals surface area contributed by atoms with Gasteiger partial charge in [-0.2, -0.15) is 0 Å². The monoisotopic (exact) mass is 259 g/mol. The first-order valence-electron chi connectivity index (χ1n) is 5.28. The molecule has 1 unspecified atom stereocenters. The van der Waals surface area contributed by atoms with Crippen molar-refractivity contribution in [3.05, 3.63) is 39.7 Å². The van der Waals surface area contributed by atoms with Gasteiger partial charge in [-0.15, -0.1) is 11.6 Å². The zero-order valence-electron chi connectivity index (χ0n) is 10.0. The third kappa shape index (κ3) is 3.66. The van der Waals surface area contributed by atoms with Crippen molar-refractivity contribution in [1.29, 1.82) is 0 Å². The number of hydrogen-bond donors (Lipinski definition) is 0. The molecule has 0 fully saturated rings. The molecule has 0 radical (unpaired) electrons. The topological polar surface area (TPSA) is 43.1 Å². The molecule has 0 aromatic heterocycles. The fourth-order valence-corrected chi connectivity index (χ4v) is 1.48. The number of nitro groups is 1. The highest BCUT2D eigenvalue weighted by atomic mass is 35.5. The summed E-state index contributed by atoms with van der Waals surface area (Å²) in [5.41, 5.74) is 0.0223. The van der Waals surface area contributed by atoms with E-state index in [0.29, 0.717) is 12.0 Å². The highest BCUT2D eigenvalue weighted by Crippen LogP contribution is 2.29. The van der Waals surface area contributed by atoms with Gasteiger partial charge in [-0.05, 0) is 23.5 Å². The molecule has 0 spiro atoms. The highest BCUT2D eigenvalue weighted by molar-refractivity contribution is 6.21. The molecule has 3 nitrogen and oxygen atoms in total. The maximum atomic E-state index is 13.6. The van der Waals surface area contributed by atoms with Crippen LogP contribution in [0.4, 0.5) is 10.1 Å². The molecule has 0 aliphatic carbocycles. The maximum Gasteiger partial charge on any atom is 0.272 e. The van der Waals surface area contributed by atoms with Crippen molar-refractivity contribution in [2.75, 3.05) is 0 Å². The van der Waals surface area contributed by atoms with E-state index >= 15 is 0 Å². The number of nitro benzene ring substituents is 1. The largest absolute Gasteiger partial charge is 0.272 e. The number of benzene rings is 1. The van der Waals surface area contributed by atoms with Gasteiger partial charge in [-0.25, -0.2) is 4.39 Å². The summed E-state index contributed by atoms with van der Waals surface area (Å²) in [6.07, 6.45) is 0.356. The van der Waals surface area contributed by atoms with Gasteiger partial charge in [-0.3, -0.25) is 10.1 Å². The Morgan fingerprint density at radius 1 is 1.47 bits per heavy atom. The molecule has 0 saturated heterocycles. The number of alkyl halides is 1. The van der Waals surface area contributed by atoms with Crippen LogP contribution >= 0.6 is 11.6 Å². The predicted molar refractivity (Wildman–Crippen MR) is 65.9 cm³/mol. The first kappa shape index (κ1) is 13.9. The fourth-order valence-electron chi connectivity index (χ4n) is 1.31. The molecule has 1 aromatic carbocycles. The van der Waals surface area contributed by atoms with Crippen LogP contribution < -0.4 is 0 Å². The average molecular weight is 260 g/mol. The zero-order chi connectivity index (χ0) is 13.2. The third-order valence-corrected chi connectivity index (χ3v) is 3.40. The van der Waals surface area contributed by atoms with Gasteiger partial charge in [0.15, 0.2) is 0 Å². The van der Waals surface area contributed by atoms with Crippen molar-refractivity contribution in [2.45, 2.75) is 32.6 Å². The number of rotatable bonds is 3. The summed E-state index contributed by atoms with van der Waals surface area (Å²) < 4.78 is 13.6. The highest BCUT2D eigenvalue weighted by Gasteiger charge is 2.24. The van der Waals surface area contributed by atoms with Crippen molar-refractivity contribution in [2.24, 2.45) is 5.41 Å². The summed E-state index contributed by atoms with van der Waals surface area (Å²) in [6, 6.07) is 3.65. The quantitative estimate of drug-likeness (QED) is 0.469. The lowest BCUT2D eigenvalue weighted by atomic mass is 9.88. The van der Waals surface area contributed by atoms with Crippen LogP contribution in [0.1, 0.15) is 26.3 Å². The van der Waals surface area contributed by atoms with Crippen LogP contribution in [0.2, 0.25) is 0 Å². The molecule has 0 amide bonds. The first-order valence-corrected chi connectivity index (χ1v) is 5.72. The van der Waals surface area contributed by atoms with Crippen LogP contribution in [-0.4, -0.2) is 10.3 Å². The molecular formula is C12H15ClFNO2. The molecule has 5 heteroatoms. The van der Waals surface area contributed by atoms with Crippen LogP contribution in [0.25, 0.3) is 0 Å². The van der Waals surface area contributed by atoms with E-state index in [1.165, 1.54) is 12.1 Å². The van der Waals surface area contributed by atoms with Crippen molar-refractivity contribution in [3.8, 4) is 0 Å². The van der Waals surface area contributed by atoms with Crippen LogP contribution in [0.5, 0.6) is 0 Å². The normalized spacial score (nSPS) is 13.5. The molecule has 1 aromatic rings. The van der Waals surface area contributed by atoms with Crippen LogP contribution in [0.15, 0.2) is 18.2 Å². The van der Waals surface area contributed by atoms with Crippen molar-refractivity contribution in [3.63, 3.8) is 0 Å². The predicted octanol–water partition coefficient (Wildman–Crippen LogP) is 3.93. The number of nitrogens with zero attached hydrogens (tertiary/aromatic N) is 1. The van der Waals surface area contributed by atoms with E-state index in [9.17, 15) is 14.5 Å². The molecule has 1 atom stereocenters. The first-order chi connectivity index (χ1) is 7.71. The van der Waals surface area contributed by atoms with E-state index in [2.05, 4.69) is 0 Å². The van der Waals surface area contributed by atoms with Crippen molar-refractivity contribution in [1.82, 2.24) is 0 Å². The fraction of sp³-hybridized carbons (Fsp3) is 0.500. The molecular weight excluding hydrogens is 245 g/mol. The van der Waals surface area contributed by atoms with Crippen LogP contribution in [0, 0.1) is 21.3 Å². The van der Waals surface area contributed by atoms with E-state index < -0.39 is 10.7 Å². The second-order valence-corrected chi connectivity index (χ2v) is 5.60. The molecule has 0 aliphatic heterocycles. The van der Waals surface area contributed by atoms with E-state index in [1.807, 2.05) is 20.8 Å². The van der Waals surface area contributed by atoms with Gasteiger partial charge in [0, 0.05) is 11.4 Å². The molecule has 17 heavy (non-hydrogen) atoms. The Hall–Kier alpha value is -1.16. The standard InChI is InChI=1S/C12H15ClFNO2/c1-12(2,3)11(13)6-8-4-5-9(15(16)17)7-10(8)14/h4-5,7,11H,6H2,1-3H3. The SMILES string of the molecule is CC(C)(C)C(Cl)Cc1ccc([N+](=O)[O-])cc1F. The Morgan fingerprint density at radius 2 is 2.06 bits per heavy atom. The van der Waals surface area contributed by atoms with E-state index in [1.54, 1.807) is 0 Å². The Balaban J connectivity index is 2.90. The Kier molecular flexibility index (Phi) is 4.09. The lowest BCUT2D eigenvalue weighted by molar-refractivity contribution is -0.385. The minimum absolute atomic E-state index is 0.143. The van der Waals surface area contributed by atoms with Gasteiger partial charge in [-0.1, -0.05) is 20.8 Å². The minimum Gasteiger partial charge on any atom is -0.258 e. The molecule has 0 N–H and O–H groups in total. The number of hydrogen-bond acceptors (Lipinski definition) is 2. The molecule has 94 valence electrons. The molecule has 0 saturated carbocycles. The Bertz CT molecular complexity index is 429. The van der Waals surface area contributed by atoms with Gasteiger partial charge in [0.05, 0.1) is 11.0 Å². The summed E-state index contributed by atoms with van der Waals surface area (Å²) >= 11 is 6.17. The molecule has 0 bridgehead atoms. The van der Waals surface area contributed by atoms with Gasteiger partial charge < -0.3 is 0 Å². The molecule has 0 aliphatic rings. The zero-order valence-corrected chi connectivity index (χ0v) is 10.8. The summed E-state index contributed by atoms with van der Waals surface area (Å²) in [5, 5.41) is 10.2. The van der Waals surface area contributed by atoms with Gasteiger partial charge in [0.1, 0.15) is 5.82 Å².